The van der Waals surface area contributed by atoms with E-state index >= 15 is 0 Å². The predicted octanol–water partition coefficient (Wildman–Crippen LogP) is 2.52. The highest BCUT2D eigenvalue weighted by Crippen LogP contribution is 2.20. The van der Waals surface area contributed by atoms with Crippen LogP contribution in [0.1, 0.15) is 19.4 Å². The lowest BCUT2D eigenvalue weighted by atomic mass is 9.92. The first kappa shape index (κ1) is 14.7. The van der Waals surface area contributed by atoms with Crippen molar-refractivity contribution in [1.82, 2.24) is 4.90 Å². The Hall–Kier alpha value is -1.36. The van der Waals surface area contributed by atoms with Crippen molar-refractivity contribution >= 4 is 27.8 Å². The molecule has 4 nitrogen and oxygen atoms in total. The molecule has 0 aliphatic carbocycles. The lowest BCUT2D eigenvalue weighted by Gasteiger charge is -2.26. The van der Waals surface area contributed by atoms with Gasteiger partial charge >= 0.3 is 5.97 Å². The SMILES string of the molecule is CN(Cc1cccc(Br)c1)C(=O)C(C)(C)C(=O)O. The summed E-state index contributed by atoms with van der Waals surface area (Å²) in [6.45, 7) is 3.21. The third-order valence-electron chi connectivity index (χ3n) is 2.72. The number of halogens is 1. The lowest BCUT2D eigenvalue weighted by Crippen LogP contribution is -2.43. The van der Waals surface area contributed by atoms with Gasteiger partial charge in [-0.1, -0.05) is 28.1 Å². The van der Waals surface area contributed by atoms with Gasteiger partial charge in [-0.2, -0.15) is 0 Å². The smallest absolute Gasteiger partial charge is 0.318 e. The Balaban J connectivity index is 2.80. The Labute approximate surface area is 115 Å². The van der Waals surface area contributed by atoms with Crippen LogP contribution in [0, 0.1) is 5.41 Å². The highest BCUT2D eigenvalue weighted by atomic mass is 79.9. The Kier molecular flexibility index (Phi) is 4.51. The van der Waals surface area contributed by atoms with Gasteiger partial charge in [0.15, 0.2) is 0 Å². The van der Waals surface area contributed by atoms with Crippen LogP contribution in [0.25, 0.3) is 0 Å². The quantitative estimate of drug-likeness (QED) is 0.869. The number of aliphatic carboxylic acids is 1. The first-order valence-electron chi connectivity index (χ1n) is 5.48. The summed E-state index contributed by atoms with van der Waals surface area (Å²) < 4.78 is 0.929. The van der Waals surface area contributed by atoms with Gasteiger partial charge < -0.3 is 10.0 Å². The molecule has 5 heteroatoms. The molecule has 0 aliphatic rings. The molecule has 0 unspecified atom stereocenters. The molecule has 1 N–H and O–H groups in total. The zero-order chi connectivity index (χ0) is 13.9. The first-order valence-corrected chi connectivity index (χ1v) is 6.28. The number of hydrogen-bond donors (Lipinski definition) is 1. The number of amides is 1. The second kappa shape index (κ2) is 5.52. The van der Waals surface area contributed by atoms with Gasteiger partial charge in [-0.15, -0.1) is 0 Å². The van der Waals surface area contributed by atoms with Crippen LogP contribution in [0.5, 0.6) is 0 Å². The van der Waals surface area contributed by atoms with Crippen LogP contribution in [0.4, 0.5) is 0 Å². The number of nitrogens with zero attached hydrogens (tertiary/aromatic N) is 1. The Bertz CT molecular complexity index is 471. The normalized spacial score (nSPS) is 11.1. The van der Waals surface area contributed by atoms with Crippen molar-refractivity contribution in [2.45, 2.75) is 20.4 Å². The highest BCUT2D eigenvalue weighted by Gasteiger charge is 2.38. The average Bonchev–Trinajstić information content (AvgIpc) is 2.27. The van der Waals surface area contributed by atoms with Crippen molar-refractivity contribution in [2.24, 2.45) is 5.41 Å². The Morgan fingerprint density at radius 1 is 1.39 bits per heavy atom. The summed E-state index contributed by atoms with van der Waals surface area (Å²) in [7, 11) is 1.61. The molecule has 0 saturated carbocycles. The van der Waals surface area contributed by atoms with Gasteiger partial charge in [0.05, 0.1) is 0 Å². The van der Waals surface area contributed by atoms with Gasteiger partial charge in [0.1, 0.15) is 5.41 Å². The molecule has 0 heterocycles. The summed E-state index contributed by atoms with van der Waals surface area (Å²) in [6, 6.07) is 7.56. The fourth-order valence-electron chi connectivity index (χ4n) is 1.55. The summed E-state index contributed by atoms with van der Waals surface area (Å²) in [5, 5.41) is 9.02. The number of carbonyl (C=O) groups excluding carboxylic acids is 1. The largest absolute Gasteiger partial charge is 0.480 e. The van der Waals surface area contributed by atoms with Crippen LogP contribution in [-0.2, 0) is 16.1 Å². The molecule has 98 valence electrons. The fourth-order valence-corrected chi connectivity index (χ4v) is 2.00. The molecule has 0 bridgehead atoms. The maximum absolute atomic E-state index is 12.0. The average molecular weight is 314 g/mol. The van der Waals surface area contributed by atoms with Crippen LogP contribution >= 0.6 is 15.9 Å². The molecule has 0 saturated heterocycles. The van der Waals surface area contributed by atoms with Crippen molar-refractivity contribution in [2.75, 3.05) is 7.05 Å². The minimum atomic E-state index is -1.40. The van der Waals surface area contributed by atoms with Gasteiger partial charge in [0, 0.05) is 18.1 Å². The number of rotatable bonds is 4. The van der Waals surface area contributed by atoms with Gasteiger partial charge in [-0.3, -0.25) is 9.59 Å². The van der Waals surface area contributed by atoms with Crippen LogP contribution in [0.3, 0.4) is 0 Å². The Morgan fingerprint density at radius 2 is 2.00 bits per heavy atom. The van der Waals surface area contributed by atoms with E-state index in [1.54, 1.807) is 7.05 Å². The molecular weight excluding hydrogens is 298 g/mol. The summed E-state index contributed by atoms with van der Waals surface area (Å²) in [5.41, 5.74) is -0.456. The molecule has 1 aromatic rings. The van der Waals surface area contributed by atoms with E-state index in [-0.39, 0.29) is 0 Å². The van der Waals surface area contributed by atoms with Gasteiger partial charge in [0.2, 0.25) is 5.91 Å². The molecule has 0 radical (unpaired) electrons. The van der Waals surface area contributed by atoms with E-state index in [9.17, 15) is 9.59 Å². The molecule has 18 heavy (non-hydrogen) atoms. The first-order chi connectivity index (χ1) is 8.25. The topological polar surface area (TPSA) is 57.6 Å². The zero-order valence-corrected chi connectivity index (χ0v) is 12.2. The van der Waals surface area contributed by atoms with Gasteiger partial charge in [-0.05, 0) is 31.5 Å². The van der Waals surface area contributed by atoms with Crippen molar-refractivity contribution in [3.05, 3.63) is 34.3 Å². The number of hydrogen-bond acceptors (Lipinski definition) is 2. The molecule has 1 rings (SSSR count). The second-order valence-electron chi connectivity index (χ2n) is 4.72. The molecule has 1 amide bonds. The standard InChI is InChI=1S/C13H16BrNO3/c1-13(2,12(17)18)11(16)15(3)8-9-5-4-6-10(14)7-9/h4-7H,8H2,1-3H3,(H,17,18). The zero-order valence-electron chi connectivity index (χ0n) is 10.6. The Morgan fingerprint density at radius 3 is 2.50 bits per heavy atom. The number of carboxylic acids is 1. The van der Waals surface area contributed by atoms with Gasteiger partial charge in [-0.25, -0.2) is 0 Å². The lowest BCUT2D eigenvalue weighted by molar-refractivity contribution is -0.157. The molecule has 0 spiro atoms. The summed E-state index contributed by atoms with van der Waals surface area (Å²) in [6.07, 6.45) is 0. The van der Waals surface area contributed by atoms with Crippen LogP contribution in [0.2, 0.25) is 0 Å². The van der Waals surface area contributed by atoms with E-state index < -0.39 is 17.3 Å². The van der Waals surface area contributed by atoms with E-state index in [1.807, 2.05) is 24.3 Å². The van der Waals surface area contributed by atoms with Crippen LogP contribution in [-0.4, -0.2) is 28.9 Å². The molecule has 0 aliphatic heterocycles. The van der Waals surface area contributed by atoms with E-state index in [1.165, 1.54) is 18.7 Å². The van der Waals surface area contributed by atoms with Crippen LogP contribution in [0.15, 0.2) is 28.7 Å². The van der Waals surface area contributed by atoms with E-state index in [0.717, 1.165) is 10.0 Å². The van der Waals surface area contributed by atoms with E-state index in [2.05, 4.69) is 15.9 Å². The van der Waals surface area contributed by atoms with Crippen molar-refractivity contribution in [1.29, 1.82) is 0 Å². The molecule has 1 aromatic carbocycles. The predicted molar refractivity (Wildman–Crippen MR) is 72.0 cm³/mol. The minimum absolute atomic E-state index is 0.384. The maximum atomic E-state index is 12.0. The van der Waals surface area contributed by atoms with Crippen molar-refractivity contribution in [3.63, 3.8) is 0 Å². The third-order valence-corrected chi connectivity index (χ3v) is 3.22. The molecular formula is C13H16BrNO3. The molecule has 0 aromatic heterocycles. The van der Waals surface area contributed by atoms with Gasteiger partial charge in [0.25, 0.3) is 0 Å². The number of carbonyl (C=O) groups is 2. The summed E-state index contributed by atoms with van der Waals surface area (Å²) in [4.78, 5) is 24.5. The third kappa shape index (κ3) is 3.32. The van der Waals surface area contributed by atoms with Crippen LogP contribution < -0.4 is 0 Å². The second-order valence-corrected chi connectivity index (χ2v) is 5.64. The van der Waals surface area contributed by atoms with E-state index in [4.69, 9.17) is 5.11 Å². The monoisotopic (exact) mass is 313 g/mol. The summed E-state index contributed by atoms with van der Waals surface area (Å²) in [5.74, 6) is -1.52. The highest BCUT2D eigenvalue weighted by molar-refractivity contribution is 9.10. The van der Waals surface area contributed by atoms with E-state index in [0.29, 0.717) is 6.54 Å². The minimum Gasteiger partial charge on any atom is -0.480 e. The van der Waals surface area contributed by atoms with Crippen molar-refractivity contribution in [3.8, 4) is 0 Å². The number of carboxylic acid groups (broad SMARTS) is 1. The summed E-state index contributed by atoms with van der Waals surface area (Å²) >= 11 is 3.35. The molecule has 0 fully saturated rings. The maximum Gasteiger partial charge on any atom is 0.318 e. The van der Waals surface area contributed by atoms with Crippen molar-refractivity contribution < 1.29 is 14.7 Å². The fraction of sp³-hybridized carbons (Fsp3) is 0.385. The number of benzene rings is 1. The molecule has 0 atom stereocenters.